The summed E-state index contributed by atoms with van der Waals surface area (Å²) in [6.45, 7) is 2.95. The molecule has 0 saturated carbocycles. The highest BCUT2D eigenvalue weighted by Crippen LogP contribution is 2.28. The maximum Gasteiger partial charge on any atom is 0.471 e. The standard InChI is InChI=1S/C17H17F3N4O3/c18-17(19,20)16(26)23-14-5-10-4-12(21-6-13(10)27-14)15(25)22-11-3-9-1-2-24(7-9)8-11/h4-6,9,11H,1-3,7-8H2,(H,22,25)(H,23,26)/t9-,11+/m0/s1. The lowest BCUT2D eigenvalue weighted by Crippen LogP contribution is -2.47. The van der Waals surface area contributed by atoms with Crippen LogP contribution in [0.4, 0.5) is 19.1 Å². The average molecular weight is 382 g/mol. The van der Waals surface area contributed by atoms with Gasteiger partial charge in [-0.15, -0.1) is 0 Å². The van der Waals surface area contributed by atoms with Crippen LogP contribution in [0.5, 0.6) is 0 Å². The Bertz CT molecular complexity index is 883. The van der Waals surface area contributed by atoms with E-state index in [1.807, 2.05) is 0 Å². The van der Waals surface area contributed by atoms with Crippen LogP contribution in [-0.4, -0.2) is 53.6 Å². The monoisotopic (exact) mass is 382 g/mol. The lowest BCUT2D eigenvalue weighted by atomic mass is 9.97. The summed E-state index contributed by atoms with van der Waals surface area (Å²) < 4.78 is 42.1. The molecule has 4 rings (SSSR count). The number of rotatable bonds is 3. The van der Waals surface area contributed by atoms with Gasteiger partial charge < -0.3 is 14.6 Å². The number of amides is 2. The lowest BCUT2D eigenvalue weighted by Gasteiger charge is -2.30. The third-order valence-electron chi connectivity index (χ3n) is 4.93. The molecule has 2 fully saturated rings. The molecule has 0 radical (unpaired) electrons. The first-order chi connectivity index (χ1) is 12.8. The van der Waals surface area contributed by atoms with E-state index in [9.17, 15) is 22.8 Å². The van der Waals surface area contributed by atoms with Crippen molar-refractivity contribution in [3.8, 4) is 0 Å². The van der Waals surface area contributed by atoms with Gasteiger partial charge in [0.05, 0.1) is 6.20 Å². The molecule has 27 heavy (non-hydrogen) atoms. The molecular weight excluding hydrogens is 365 g/mol. The summed E-state index contributed by atoms with van der Waals surface area (Å²) >= 11 is 0. The Labute approximate surface area is 151 Å². The summed E-state index contributed by atoms with van der Waals surface area (Å²) in [5, 5.41) is 4.98. The fraction of sp³-hybridized carbons (Fsp3) is 0.471. The SMILES string of the molecule is O=C(N[C@@H]1C[C@@H]2CCN(C2)C1)c1cc2cc(NC(=O)C(F)(F)F)oc2cn1. The number of furan rings is 1. The van der Waals surface area contributed by atoms with Crippen molar-refractivity contribution < 1.29 is 27.2 Å². The molecule has 7 nitrogen and oxygen atoms in total. The molecule has 2 aliphatic heterocycles. The zero-order chi connectivity index (χ0) is 19.2. The van der Waals surface area contributed by atoms with Crippen molar-refractivity contribution in [2.45, 2.75) is 25.1 Å². The number of hydrogen-bond acceptors (Lipinski definition) is 5. The van der Waals surface area contributed by atoms with E-state index in [-0.39, 0.29) is 29.1 Å². The van der Waals surface area contributed by atoms with Crippen molar-refractivity contribution in [1.82, 2.24) is 15.2 Å². The topological polar surface area (TPSA) is 87.5 Å². The highest BCUT2D eigenvalue weighted by Gasteiger charge is 2.39. The number of fused-ring (bicyclic) bond motifs is 3. The van der Waals surface area contributed by atoms with Crippen LogP contribution >= 0.6 is 0 Å². The van der Waals surface area contributed by atoms with Crippen molar-refractivity contribution >= 4 is 28.7 Å². The van der Waals surface area contributed by atoms with Gasteiger partial charge in [-0.1, -0.05) is 0 Å². The molecular formula is C17H17F3N4O3. The second kappa shape index (κ2) is 6.52. The molecule has 0 aliphatic carbocycles. The number of aromatic nitrogens is 1. The summed E-state index contributed by atoms with van der Waals surface area (Å²) in [6, 6.07) is 2.71. The highest BCUT2D eigenvalue weighted by atomic mass is 19.4. The Kier molecular flexibility index (Phi) is 4.29. The minimum absolute atomic E-state index is 0.0576. The van der Waals surface area contributed by atoms with Crippen LogP contribution in [0, 0.1) is 5.92 Å². The number of pyridine rings is 1. The molecule has 2 bridgehead atoms. The number of nitrogens with zero attached hydrogens (tertiary/aromatic N) is 2. The second-order valence-electron chi connectivity index (χ2n) is 6.99. The van der Waals surface area contributed by atoms with Gasteiger partial charge in [-0.3, -0.25) is 14.9 Å². The molecule has 2 amide bonds. The molecule has 10 heteroatoms. The van der Waals surface area contributed by atoms with Crippen LogP contribution in [0.15, 0.2) is 22.7 Å². The van der Waals surface area contributed by atoms with Crippen LogP contribution < -0.4 is 10.6 Å². The van der Waals surface area contributed by atoms with Gasteiger partial charge in [0.1, 0.15) is 5.69 Å². The normalized spacial score (nSPS) is 24.8. The predicted molar refractivity (Wildman–Crippen MR) is 89.1 cm³/mol. The fourth-order valence-corrected chi connectivity index (χ4v) is 3.74. The number of nitrogens with one attached hydrogen (secondary N) is 2. The van der Waals surface area contributed by atoms with Gasteiger partial charge in [0, 0.05) is 30.6 Å². The summed E-state index contributed by atoms with van der Waals surface area (Å²) in [6.07, 6.45) is -1.68. The number of carbonyl (C=O) groups is 2. The van der Waals surface area contributed by atoms with Crippen molar-refractivity contribution in [3.05, 3.63) is 24.0 Å². The predicted octanol–water partition coefficient (Wildman–Crippen LogP) is 2.15. The quantitative estimate of drug-likeness (QED) is 0.850. The molecule has 2 saturated heterocycles. The lowest BCUT2D eigenvalue weighted by molar-refractivity contribution is -0.167. The van der Waals surface area contributed by atoms with Crippen LogP contribution in [0.2, 0.25) is 0 Å². The molecule has 144 valence electrons. The van der Waals surface area contributed by atoms with E-state index >= 15 is 0 Å². The van der Waals surface area contributed by atoms with Gasteiger partial charge in [-0.05, 0) is 31.4 Å². The van der Waals surface area contributed by atoms with E-state index in [1.165, 1.54) is 18.3 Å². The minimum Gasteiger partial charge on any atom is -0.439 e. The van der Waals surface area contributed by atoms with E-state index in [1.54, 1.807) is 5.32 Å². The third-order valence-corrected chi connectivity index (χ3v) is 4.93. The average Bonchev–Trinajstić information content (AvgIpc) is 3.15. The van der Waals surface area contributed by atoms with Crippen molar-refractivity contribution in [1.29, 1.82) is 0 Å². The number of halogens is 3. The zero-order valence-electron chi connectivity index (χ0n) is 14.2. The molecule has 0 spiro atoms. The van der Waals surface area contributed by atoms with Gasteiger partial charge in [-0.2, -0.15) is 13.2 Å². The van der Waals surface area contributed by atoms with Gasteiger partial charge >= 0.3 is 12.1 Å². The Morgan fingerprint density at radius 1 is 1.26 bits per heavy atom. The number of alkyl halides is 3. The second-order valence-corrected chi connectivity index (χ2v) is 6.99. The van der Waals surface area contributed by atoms with Crippen LogP contribution in [0.25, 0.3) is 11.0 Å². The molecule has 0 aromatic carbocycles. The van der Waals surface area contributed by atoms with Crippen LogP contribution in [0.3, 0.4) is 0 Å². The summed E-state index contributed by atoms with van der Waals surface area (Å²) in [5.41, 5.74) is 0.316. The smallest absolute Gasteiger partial charge is 0.439 e. The summed E-state index contributed by atoms with van der Waals surface area (Å²) in [7, 11) is 0. The molecule has 2 aromatic rings. The molecule has 1 unspecified atom stereocenters. The summed E-state index contributed by atoms with van der Waals surface area (Å²) in [4.78, 5) is 29.8. The molecule has 4 heterocycles. The molecule has 3 atom stereocenters. The van der Waals surface area contributed by atoms with E-state index in [0.29, 0.717) is 11.3 Å². The largest absolute Gasteiger partial charge is 0.471 e. The van der Waals surface area contributed by atoms with Crippen molar-refractivity contribution in [2.24, 2.45) is 5.92 Å². The molecule has 2 aliphatic rings. The van der Waals surface area contributed by atoms with Gasteiger partial charge in [0.2, 0.25) is 5.88 Å². The Morgan fingerprint density at radius 3 is 2.81 bits per heavy atom. The maximum atomic E-state index is 12.5. The Balaban J connectivity index is 1.46. The third kappa shape index (κ3) is 3.75. The van der Waals surface area contributed by atoms with Crippen molar-refractivity contribution in [3.63, 3.8) is 0 Å². The Morgan fingerprint density at radius 2 is 2.07 bits per heavy atom. The first-order valence-electron chi connectivity index (χ1n) is 8.59. The van der Waals surface area contributed by atoms with Gasteiger partial charge in [0.15, 0.2) is 5.58 Å². The number of carbonyl (C=O) groups excluding carboxylic acids is 2. The van der Waals surface area contributed by atoms with E-state index in [2.05, 4.69) is 15.2 Å². The number of anilines is 1. The maximum absolute atomic E-state index is 12.5. The first kappa shape index (κ1) is 17.8. The van der Waals surface area contributed by atoms with Crippen LogP contribution in [-0.2, 0) is 4.79 Å². The van der Waals surface area contributed by atoms with Crippen molar-refractivity contribution in [2.75, 3.05) is 25.0 Å². The molecule has 2 N–H and O–H groups in total. The zero-order valence-corrected chi connectivity index (χ0v) is 14.2. The first-order valence-corrected chi connectivity index (χ1v) is 8.59. The summed E-state index contributed by atoms with van der Waals surface area (Å²) in [5.74, 6) is -2.22. The highest BCUT2D eigenvalue weighted by molar-refractivity contribution is 5.98. The fourth-order valence-electron chi connectivity index (χ4n) is 3.74. The van der Waals surface area contributed by atoms with E-state index in [4.69, 9.17) is 4.42 Å². The van der Waals surface area contributed by atoms with Gasteiger partial charge in [0.25, 0.3) is 5.91 Å². The number of piperidine rings is 1. The van der Waals surface area contributed by atoms with Gasteiger partial charge in [-0.25, -0.2) is 4.98 Å². The molecule has 2 aromatic heterocycles. The number of hydrogen-bond donors (Lipinski definition) is 2. The minimum atomic E-state index is -5.02. The van der Waals surface area contributed by atoms with E-state index < -0.39 is 12.1 Å². The Hall–Kier alpha value is -2.62. The van der Waals surface area contributed by atoms with Crippen LogP contribution in [0.1, 0.15) is 23.3 Å². The van der Waals surface area contributed by atoms with E-state index in [0.717, 1.165) is 32.5 Å².